The second kappa shape index (κ2) is 6.55. The van der Waals surface area contributed by atoms with E-state index >= 15 is 0 Å². The fourth-order valence-corrected chi connectivity index (χ4v) is 4.14. The van der Waals surface area contributed by atoms with E-state index in [4.69, 9.17) is 5.73 Å². The third-order valence-electron chi connectivity index (χ3n) is 3.27. The summed E-state index contributed by atoms with van der Waals surface area (Å²) in [4.78, 5) is 5.09. The summed E-state index contributed by atoms with van der Waals surface area (Å²) in [6.45, 7) is 4.12. The molecule has 0 atom stereocenters. The number of thiazole rings is 1. The Balaban J connectivity index is 2.36. The van der Waals surface area contributed by atoms with Gasteiger partial charge in [0.25, 0.3) is 0 Å². The maximum atomic E-state index is 12.5. The molecule has 0 fully saturated rings. The number of sulfonamides is 1. The van der Waals surface area contributed by atoms with Gasteiger partial charge in [-0.05, 0) is 36.1 Å². The molecule has 2 aromatic rings. The van der Waals surface area contributed by atoms with E-state index in [0.717, 1.165) is 16.9 Å². The highest BCUT2D eigenvalue weighted by Gasteiger charge is 2.20. The molecule has 0 aliphatic rings. The van der Waals surface area contributed by atoms with E-state index in [1.165, 1.54) is 11.3 Å². The molecular formula is C14H19N3O2S2. The van der Waals surface area contributed by atoms with Gasteiger partial charge >= 0.3 is 0 Å². The summed E-state index contributed by atoms with van der Waals surface area (Å²) >= 11 is 1.42. The van der Waals surface area contributed by atoms with Crippen LogP contribution in [0, 0.1) is 0 Å². The number of aromatic nitrogens is 1. The Labute approximate surface area is 129 Å². The van der Waals surface area contributed by atoms with Crippen molar-refractivity contribution in [2.24, 2.45) is 0 Å². The normalized spacial score (nSPS) is 11.7. The van der Waals surface area contributed by atoms with Gasteiger partial charge in [0, 0.05) is 23.3 Å². The van der Waals surface area contributed by atoms with Crippen molar-refractivity contribution in [1.29, 1.82) is 0 Å². The minimum Gasteiger partial charge on any atom is -0.398 e. The highest BCUT2D eigenvalue weighted by atomic mass is 32.2. The lowest BCUT2D eigenvalue weighted by Gasteiger charge is -2.14. The summed E-state index contributed by atoms with van der Waals surface area (Å²) in [5.74, 6) is 0. The maximum absolute atomic E-state index is 12.5. The van der Waals surface area contributed by atoms with Crippen LogP contribution in [0.1, 0.15) is 29.9 Å². The van der Waals surface area contributed by atoms with Gasteiger partial charge in [-0.3, -0.25) is 4.98 Å². The van der Waals surface area contributed by atoms with Crippen molar-refractivity contribution in [1.82, 2.24) is 9.71 Å². The quantitative estimate of drug-likeness (QED) is 0.798. The van der Waals surface area contributed by atoms with Crippen LogP contribution < -0.4 is 10.5 Å². The van der Waals surface area contributed by atoms with Crippen LogP contribution in [0.15, 0.2) is 28.7 Å². The van der Waals surface area contributed by atoms with E-state index in [2.05, 4.69) is 9.71 Å². The molecule has 0 saturated heterocycles. The average molecular weight is 325 g/mol. The van der Waals surface area contributed by atoms with Gasteiger partial charge in [-0.25, -0.2) is 13.1 Å². The first-order valence-corrected chi connectivity index (χ1v) is 9.12. The molecule has 0 radical (unpaired) electrons. The van der Waals surface area contributed by atoms with Crippen molar-refractivity contribution in [3.8, 4) is 0 Å². The molecule has 21 heavy (non-hydrogen) atoms. The van der Waals surface area contributed by atoms with Gasteiger partial charge < -0.3 is 5.73 Å². The summed E-state index contributed by atoms with van der Waals surface area (Å²) in [6, 6.07) is 3.56. The van der Waals surface area contributed by atoms with Crippen LogP contribution in [-0.4, -0.2) is 13.4 Å². The molecule has 7 heteroatoms. The molecule has 3 N–H and O–H groups in total. The summed E-state index contributed by atoms with van der Waals surface area (Å²) < 4.78 is 27.7. The van der Waals surface area contributed by atoms with Gasteiger partial charge in [0.05, 0.1) is 10.4 Å². The van der Waals surface area contributed by atoms with Crippen molar-refractivity contribution in [3.63, 3.8) is 0 Å². The molecule has 114 valence electrons. The number of rotatable bonds is 6. The molecule has 1 heterocycles. The van der Waals surface area contributed by atoms with Gasteiger partial charge in [-0.1, -0.05) is 13.8 Å². The van der Waals surface area contributed by atoms with E-state index in [-0.39, 0.29) is 11.4 Å². The fourth-order valence-electron chi connectivity index (χ4n) is 2.12. The van der Waals surface area contributed by atoms with Crippen molar-refractivity contribution < 1.29 is 8.42 Å². The Hall–Kier alpha value is -1.44. The zero-order chi connectivity index (χ0) is 15.5. The van der Waals surface area contributed by atoms with Crippen LogP contribution in [0.2, 0.25) is 0 Å². The summed E-state index contributed by atoms with van der Waals surface area (Å²) in [5, 5.41) is 0. The van der Waals surface area contributed by atoms with Crippen LogP contribution in [0.5, 0.6) is 0 Å². The van der Waals surface area contributed by atoms with E-state index < -0.39 is 10.0 Å². The number of benzene rings is 1. The Morgan fingerprint density at radius 3 is 2.62 bits per heavy atom. The molecule has 0 amide bonds. The Kier molecular flexibility index (Phi) is 4.97. The van der Waals surface area contributed by atoms with Crippen molar-refractivity contribution in [3.05, 3.63) is 39.8 Å². The number of hydrogen-bond donors (Lipinski definition) is 2. The number of hydrogen-bond acceptors (Lipinski definition) is 5. The number of aryl methyl sites for hydroxylation is 1. The second-order valence-electron chi connectivity index (χ2n) is 4.66. The monoisotopic (exact) mass is 325 g/mol. The molecule has 0 spiro atoms. The Morgan fingerprint density at radius 2 is 2.05 bits per heavy atom. The molecule has 0 bridgehead atoms. The topological polar surface area (TPSA) is 85.1 Å². The van der Waals surface area contributed by atoms with Crippen LogP contribution in [0.25, 0.3) is 0 Å². The maximum Gasteiger partial charge on any atom is 0.241 e. The van der Waals surface area contributed by atoms with Crippen molar-refractivity contribution in [2.45, 2.75) is 38.1 Å². The number of anilines is 1. The molecule has 1 aromatic heterocycles. The van der Waals surface area contributed by atoms with E-state index in [9.17, 15) is 8.42 Å². The highest BCUT2D eigenvalue weighted by molar-refractivity contribution is 7.89. The fraction of sp³-hybridized carbons (Fsp3) is 0.357. The smallest absolute Gasteiger partial charge is 0.241 e. The lowest BCUT2D eigenvalue weighted by molar-refractivity contribution is 0.580. The Morgan fingerprint density at radius 1 is 1.29 bits per heavy atom. The van der Waals surface area contributed by atoms with Gasteiger partial charge in [0.15, 0.2) is 0 Å². The minimum atomic E-state index is -3.59. The molecule has 0 aliphatic carbocycles. The standard InChI is InChI=1S/C14H19N3O2S2/c1-3-10-5-13(15)12(4-2)14(6-10)21(18,19)17-8-11-7-16-9-20-11/h5-7,9,17H,3-4,8,15H2,1-2H3. The lowest BCUT2D eigenvalue weighted by Crippen LogP contribution is -2.24. The largest absolute Gasteiger partial charge is 0.398 e. The number of nitrogens with zero attached hydrogens (tertiary/aromatic N) is 1. The molecule has 0 aliphatic heterocycles. The summed E-state index contributed by atoms with van der Waals surface area (Å²) in [5.41, 5.74) is 9.80. The first kappa shape index (κ1) is 15.9. The van der Waals surface area contributed by atoms with Crippen LogP contribution in [0.4, 0.5) is 5.69 Å². The van der Waals surface area contributed by atoms with Crippen LogP contribution in [-0.2, 0) is 29.4 Å². The van der Waals surface area contributed by atoms with Crippen LogP contribution >= 0.6 is 11.3 Å². The summed E-state index contributed by atoms with van der Waals surface area (Å²) in [6.07, 6.45) is 2.98. The van der Waals surface area contributed by atoms with Crippen molar-refractivity contribution in [2.75, 3.05) is 5.73 Å². The lowest BCUT2D eigenvalue weighted by atomic mass is 10.1. The average Bonchev–Trinajstić information content (AvgIpc) is 2.97. The van der Waals surface area contributed by atoms with Crippen molar-refractivity contribution >= 4 is 27.0 Å². The zero-order valence-electron chi connectivity index (χ0n) is 12.1. The minimum absolute atomic E-state index is 0.242. The molecule has 0 saturated carbocycles. The van der Waals surface area contributed by atoms with Gasteiger partial charge in [0.2, 0.25) is 10.0 Å². The van der Waals surface area contributed by atoms with Crippen LogP contribution in [0.3, 0.4) is 0 Å². The second-order valence-corrected chi connectivity index (χ2v) is 7.37. The first-order valence-electron chi connectivity index (χ1n) is 6.76. The van der Waals surface area contributed by atoms with E-state index in [1.54, 1.807) is 17.8 Å². The molecule has 0 unspecified atom stereocenters. The number of nitrogens with one attached hydrogen (secondary N) is 1. The molecule has 5 nitrogen and oxygen atoms in total. The predicted octanol–water partition coefficient (Wildman–Crippen LogP) is 2.33. The summed E-state index contributed by atoms with van der Waals surface area (Å²) in [7, 11) is -3.59. The van der Waals surface area contributed by atoms with E-state index in [1.807, 2.05) is 19.9 Å². The predicted molar refractivity (Wildman–Crippen MR) is 85.7 cm³/mol. The first-order chi connectivity index (χ1) is 9.97. The van der Waals surface area contributed by atoms with E-state index in [0.29, 0.717) is 17.7 Å². The molecule has 2 rings (SSSR count). The van der Waals surface area contributed by atoms with Gasteiger partial charge in [-0.15, -0.1) is 11.3 Å². The Bertz CT molecular complexity index is 710. The van der Waals surface area contributed by atoms with Gasteiger partial charge in [-0.2, -0.15) is 0 Å². The SMILES string of the molecule is CCc1cc(N)c(CC)c(S(=O)(=O)NCc2cncs2)c1. The number of nitrogen functional groups attached to an aromatic ring is 1. The third kappa shape index (κ3) is 3.61. The zero-order valence-corrected chi connectivity index (χ0v) is 13.7. The van der Waals surface area contributed by atoms with Gasteiger partial charge in [0.1, 0.15) is 0 Å². The molecule has 1 aromatic carbocycles. The highest BCUT2D eigenvalue weighted by Crippen LogP contribution is 2.25. The number of nitrogens with two attached hydrogens (primary N) is 1. The molecular weight excluding hydrogens is 306 g/mol. The third-order valence-corrected chi connectivity index (χ3v) is 5.52.